The lowest BCUT2D eigenvalue weighted by atomic mass is 10.2. The molecule has 0 aliphatic rings. The Morgan fingerprint density at radius 1 is 1.15 bits per heavy atom. The van der Waals surface area contributed by atoms with E-state index < -0.39 is 33.4 Å². The summed E-state index contributed by atoms with van der Waals surface area (Å²) < 4.78 is 28.6. The molecule has 0 aliphatic carbocycles. The Balaban J connectivity index is 5.07. The van der Waals surface area contributed by atoms with E-state index in [0.29, 0.717) is 0 Å². The minimum absolute atomic E-state index is 2.34. The zero-order valence-electron chi connectivity index (χ0n) is 5.91. The monoisotopic (exact) mass is 212 g/mol. The van der Waals surface area contributed by atoms with Gasteiger partial charge >= 0.3 is 0 Å². The van der Waals surface area contributed by atoms with Gasteiger partial charge in [-0.3, -0.25) is 4.55 Å². The quantitative estimate of drug-likeness (QED) is 0.439. The van der Waals surface area contributed by atoms with E-state index in [9.17, 15) is 28.2 Å². The van der Waals surface area contributed by atoms with E-state index in [2.05, 4.69) is 0 Å². The van der Waals surface area contributed by atoms with Crippen LogP contribution in [0.4, 0.5) is 0 Å². The second kappa shape index (κ2) is 3.68. The van der Waals surface area contributed by atoms with Gasteiger partial charge in [-0.2, -0.15) is 8.42 Å². The molecule has 8 nitrogen and oxygen atoms in total. The van der Waals surface area contributed by atoms with Crippen LogP contribution in [0.1, 0.15) is 0 Å². The molecule has 0 heterocycles. The minimum atomic E-state index is -5.24. The van der Waals surface area contributed by atoms with Gasteiger partial charge in [0.2, 0.25) is 0 Å². The maximum atomic E-state index is 10.2. The lowest BCUT2D eigenvalue weighted by Gasteiger charge is -2.21. The number of carboxylic acids is 2. The lowest BCUT2D eigenvalue weighted by Crippen LogP contribution is -2.54. The molecular formula is C4H4O8S-2. The number of aliphatic carboxylic acids is 2. The first-order chi connectivity index (χ1) is 5.68. The van der Waals surface area contributed by atoms with E-state index in [4.69, 9.17) is 9.66 Å². The zero-order chi connectivity index (χ0) is 10.8. The van der Waals surface area contributed by atoms with Gasteiger partial charge < -0.3 is 24.9 Å². The molecule has 0 radical (unpaired) electrons. The Morgan fingerprint density at radius 3 is 1.62 bits per heavy atom. The summed E-state index contributed by atoms with van der Waals surface area (Å²) in [6, 6.07) is 0. The summed E-state index contributed by atoms with van der Waals surface area (Å²) in [7, 11) is -5.24. The van der Waals surface area contributed by atoms with Gasteiger partial charge in [0.25, 0.3) is 10.1 Å². The second-order valence-corrected chi connectivity index (χ2v) is 3.56. The van der Waals surface area contributed by atoms with Crippen molar-refractivity contribution >= 4 is 22.1 Å². The molecule has 0 aromatic heterocycles. The molecule has 0 aromatic rings. The fourth-order valence-electron chi connectivity index (χ4n) is 0.537. The molecule has 0 aromatic carbocycles. The molecule has 2 N–H and O–H groups in total. The van der Waals surface area contributed by atoms with Gasteiger partial charge in [0.15, 0.2) is 5.25 Å². The molecule has 2 unspecified atom stereocenters. The van der Waals surface area contributed by atoms with Crippen LogP contribution >= 0.6 is 0 Å². The van der Waals surface area contributed by atoms with Gasteiger partial charge in [-0.15, -0.1) is 0 Å². The molecular weight excluding hydrogens is 208 g/mol. The Labute approximate surface area is 72.2 Å². The number of aliphatic hydroxyl groups is 1. The fraction of sp³-hybridized carbons (Fsp3) is 0.500. The average Bonchev–Trinajstić information content (AvgIpc) is 1.82. The van der Waals surface area contributed by atoms with Crippen molar-refractivity contribution in [2.45, 2.75) is 11.4 Å². The number of hydrogen-bond acceptors (Lipinski definition) is 7. The molecule has 0 rings (SSSR count). The molecule has 0 bridgehead atoms. The van der Waals surface area contributed by atoms with Gasteiger partial charge in [-0.05, 0) is 0 Å². The Kier molecular flexibility index (Phi) is 3.34. The number of aliphatic hydroxyl groups excluding tert-OH is 1. The van der Waals surface area contributed by atoms with Crippen molar-refractivity contribution in [1.29, 1.82) is 0 Å². The standard InChI is InChI=1S/C4H6O8S/c5-1(3(6)7)2(4(8)9)13(10,11)12/h1-2,5H,(H,6,7)(H,8,9)(H,10,11,12)/p-2. The van der Waals surface area contributed by atoms with E-state index in [1.54, 1.807) is 0 Å². The van der Waals surface area contributed by atoms with Crippen LogP contribution in [0.2, 0.25) is 0 Å². The van der Waals surface area contributed by atoms with Crippen LogP contribution < -0.4 is 10.2 Å². The summed E-state index contributed by atoms with van der Waals surface area (Å²) in [6.45, 7) is 0. The first-order valence-corrected chi connectivity index (χ1v) is 4.24. The van der Waals surface area contributed by atoms with Crippen LogP contribution in [0.5, 0.6) is 0 Å². The highest BCUT2D eigenvalue weighted by Crippen LogP contribution is 2.03. The molecule has 0 spiro atoms. The molecule has 13 heavy (non-hydrogen) atoms. The number of carboxylic acid groups (broad SMARTS) is 2. The third-order valence-electron chi connectivity index (χ3n) is 1.08. The SMILES string of the molecule is O=C([O-])C(O)C(C(=O)[O-])S(=O)(=O)O. The third kappa shape index (κ3) is 2.97. The highest BCUT2D eigenvalue weighted by Gasteiger charge is 2.33. The average molecular weight is 212 g/mol. The van der Waals surface area contributed by atoms with Crippen LogP contribution in [0, 0.1) is 0 Å². The predicted molar refractivity (Wildman–Crippen MR) is 31.4 cm³/mol. The van der Waals surface area contributed by atoms with Crippen LogP contribution in [-0.2, 0) is 19.7 Å². The van der Waals surface area contributed by atoms with Crippen molar-refractivity contribution in [1.82, 2.24) is 0 Å². The smallest absolute Gasteiger partial charge is 0.276 e. The summed E-state index contributed by atoms with van der Waals surface area (Å²) >= 11 is 0. The van der Waals surface area contributed by atoms with E-state index >= 15 is 0 Å². The number of carbonyl (C=O) groups is 2. The van der Waals surface area contributed by atoms with E-state index in [1.165, 1.54) is 0 Å². The molecule has 0 fully saturated rings. The van der Waals surface area contributed by atoms with Crippen molar-refractivity contribution in [2.24, 2.45) is 0 Å². The molecule has 76 valence electrons. The highest BCUT2D eigenvalue weighted by atomic mass is 32.2. The number of rotatable bonds is 4. The zero-order valence-corrected chi connectivity index (χ0v) is 6.72. The van der Waals surface area contributed by atoms with E-state index in [1.807, 2.05) is 0 Å². The van der Waals surface area contributed by atoms with Gasteiger partial charge in [0.05, 0.1) is 11.9 Å². The summed E-state index contributed by atoms with van der Waals surface area (Å²) in [4.78, 5) is 19.9. The van der Waals surface area contributed by atoms with Gasteiger partial charge in [0, 0.05) is 0 Å². The number of hydrogen-bond donors (Lipinski definition) is 2. The van der Waals surface area contributed by atoms with Gasteiger partial charge in [-0.25, -0.2) is 0 Å². The molecule has 0 saturated heterocycles. The van der Waals surface area contributed by atoms with Crippen LogP contribution in [-0.4, -0.2) is 41.4 Å². The molecule has 0 amide bonds. The van der Waals surface area contributed by atoms with Crippen molar-refractivity contribution in [3.8, 4) is 0 Å². The minimum Gasteiger partial charge on any atom is -0.549 e. The molecule has 9 heteroatoms. The summed E-state index contributed by atoms with van der Waals surface area (Å²) in [5.74, 6) is -4.77. The summed E-state index contributed by atoms with van der Waals surface area (Å²) in [5.41, 5.74) is 0. The van der Waals surface area contributed by atoms with Crippen LogP contribution in [0.25, 0.3) is 0 Å². The van der Waals surface area contributed by atoms with Crippen molar-refractivity contribution in [3.05, 3.63) is 0 Å². The van der Waals surface area contributed by atoms with Crippen molar-refractivity contribution < 1.29 is 37.9 Å². The van der Waals surface area contributed by atoms with E-state index in [0.717, 1.165) is 0 Å². The molecule has 0 saturated carbocycles. The molecule has 0 aliphatic heterocycles. The van der Waals surface area contributed by atoms with E-state index in [-0.39, 0.29) is 0 Å². The highest BCUT2D eigenvalue weighted by molar-refractivity contribution is 7.87. The largest absolute Gasteiger partial charge is 0.549 e. The molecule has 2 atom stereocenters. The van der Waals surface area contributed by atoms with Gasteiger partial charge in [-0.1, -0.05) is 0 Å². The topological polar surface area (TPSA) is 155 Å². The van der Waals surface area contributed by atoms with Gasteiger partial charge in [0.1, 0.15) is 6.10 Å². The first kappa shape index (κ1) is 11.8. The lowest BCUT2D eigenvalue weighted by molar-refractivity contribution is -0.323. The maximum Gasteiger partial charge on any atom is 0.276 e. The van der Waals surface area contributed by atoms with Crippen molar-refractivity contribution in [3.63, 3.8) is 0 Å². The van der Waals surface area contributed by atoms with Crippen molar-refractivity contribution in [2.75, 3.05) is 0 Å². The Bertz CT molecular complexity index is 315. The normalized spacial score (nSPS) is 16.2. The predicted octanol–water partition coefficient (Wildman–Crippen LogP) is -4.90. The third-order valence-corrected chi connectivity index (χ3v) is 2.17. The maximum absolute atomic E-state index is 10.2. The fourth-order valence-corrected chi connectivity index (χ4v) is 1.22. The first-order valence-electron chi connectivity index (χ1n) is 2.74. The summed E-state index contributed by atoms with van der Waals surface area (Å²) in [5, 5.41) is 25.4. The Hall–Kier alpha value is -1.19. The second-order valence-electron chi connectivity index (χ2n) is 2.02. The number of carbonyl (C=O) groups excluding carboxylic acids is 2. The van der Waals surface area contributed by atoms with Crippen LogP contribution in [0.3, 0.4) is 0 Å². The summed E-state index contributed by atoms with van der Waals surface area (Å²) in [6.07, 6.45) is -2.88. The van der Waals surface area contributed by atoms with Crippen LogP contribution in [0.15, 0.2) is 0 Å². The Morgan fingerprint density at radius 2 is 1.54 bits per heavy atom.